The van der Waals surface area contributed by atoms with E-state index in [4.69, 9.17) is 32.7 Å². The molecule has 0 unspecified atom stereocenters. The van der Waals surface area contributed by atoms with Gasteiger partial charge in [0, 0.05) is 0 Å². The van der Waals surface area contributed by atoms with Crippen LogP contribution in [0.2, 0.25) is 0 Å². The van der Waals surface area contributed by atoms with E-state index in [0.29, 0.717) is 10.1 Å². The molecule has 43 heavy (non-hydrogen) atoms. The van der Waals surface area contributed by atoms with Gasteiger partial charge in [0.2, 0.25) is 5.79 Å². The Kier molecular flexibility index (Phi) is 7.30. The highest BCUT2D eigenvalue weighted by molar-refractivity contribution is 6.32. The van der Waals surface area contributed by atoms with Gasteiger partial charge in [0.1, 0.15) is 0 Å². The molecule has 0 bridgehead atoms. The van der Waals surface area contributed by atoms with Crippen LogP contribution in [0.4, 0.5) is 0 Å². The van der Waals surface area contributed by atoms with E-state index in [1.54, 1.807) is 0 Å². The monoisotopic (exact) mass is 608 g/mol. The Bertz CT molecular complexity index is 1610. The highest BCUT2D eigenvalue weighted by Crippen LogP contribution is 2.60. The van der Waals surface area contributed by atoms with Crippen molar-refractivity contribution < 1.29 is 9.47 Å². The Balaban J connectivity index is 1.60. The summed E-state index contributed by atoms with van der Waals surface area (Å²) in [7, 11) is 0. The predicted molar refractivity (Wildman–Crippen MR) is 178 cm³/mol. The molecule has 0 amide bonds. The molecule has 4 aromatic carbocycles. The summed E-state index contributed by atoms with van der Waals surface area (Å²) in [6, 6.07) is 25.6. The molecule has 2 aliphatic rings. The molecule has 6 rings (SSSR count). The normalized spacial score (nSPS) is 18.2. The van der Waals surface area contributed by atoms with Crippen LogP contribution >= 0.6 is 23.2 Å². The minimum Gasteiger partial charge on any atom is -0.321 e. The highest BCUT2D eigenvalue weighted by Gasteiger charge is 2.61. The number of aryl methyl sites for hydroxylation is 8. The lowest BCUT2D eigenvalue weighted by atomic mass is 9.81. The number of hydrogen-bond acceptors (Lipinski definition) is 2. The van der Waals surface area contributed by atoms with E-state index in [1.165, 1.54) is 22.3 Å². The molecule has 0 saturated heterocycles. The third kappa shape index (κ3) is 4.62. The van der Waals surface area contributed by atoms with Crippen molar-refractivity contribution in [1.29, 1.82) is 0 Å². The van der Waals surface area contributed by atoms with Crippen LogP contribution < -0.4 is 0 Å². The molecule has 0 aliphatic carbocycles. The third-order valence-corrected chi connectivity index (χ3v) is 9.75. The van der Waals surface area contributed by atoms with Gasteiger partial charge in [-0.15, -0.1) is 0 Å². The van der Waals surface area contributed by atoms with Crippen LogP contribution in [-0.2, 0) is 20.7 Å². The second-order valence-corrected chi connectivity index (χ2v) is 13.4. The molecule has 2 nitrogen and oxygen atoms in total. The lowest BCUT2D eigenvalue weighted by molar-refractivity contribution is -0.224. The van der Waals surface area contributed by atoms with Gasteiger partial charge in [-0.2, -0.15) is 0 Å². The van der Waals surface area contributed by atoms with Crippen molar-refractivity contribution >= 4 is 23.2 Å². The Labute approximate surface area is 266 Å². The summed E-state index contributed by atoms with van der Waals surface area (Å²) in [5, 5.41) is 1.09. The zero-order valence-corrected chi connectivity index (χ0v) is 27.7. The minimum atomic E-state index is -1.32. The first kappa shape index (κ1) is 29.9. The standard InChI is InChI=1S/C39H38Cl2O2/c1-23-9-13-31(27(5)17-23)38(32-14-10-24(2)18-28(32)6)35(40)21-37(42-38)22-36(41)39(43-37,33-15-11-25(3)19-29(33)7)34-16-12-26(4)20-30(34)8/h9-22H,1-8H3. The van der Waals surface area contributed by atoms with Crippen LogP contribution in [0.3, 0.4) is 0 Å². The molecule has 0 saturated carbocycles. The van der Waals surface area contributed by atoms with Crippen LogP contribution in [0.15, 0.2) is 95.0 Å². The van der Waals surface area contributed by atoms with Crippen LogP contribution in [0, 0.1) is 55.4 Å². The highest BCUT2D eigenvalue weighted by atomic mass is 35.5. The molecule has 2 aliphatic heterocycles. The van der Waals surface area contributed by atoms with Gasteiger partial charge in [-0.3, -0.25) is 0 Å². The lowest BCUT2D eigenvalue weighted by Crippen LogP contribution is -2.41. The molecule has 0 fully saturated rings. The maximum Gasteiger partial charge on any atom is 0.214 e. The topological polar surface area (TPSA) is 18.5 Å². The number of halogens is 2. The average Bonchev–Trinajstić information content (AvgIpc) is 3.35. The molecule has 0 N–H and O–H groups in total. The fourth-order valence-electron chi connectivity index (χ4n) is 7.17. The minimum absolute atomic E-state index is 0.546. The van der Waals surface area contributed by atoms with Crippen molar-refractivity contribution in [2.24, 2.45) is 0 Å². The maximum absolute atomic E-state index is 7.42. The van der Waals surface area contributed by atoms with Gasteiger partial charge >= 0.3 is 0 Å². The van der Waals surface area contributed by atoms with Crippen LogP contribution in [0.1, 0.15) is 66.8 Å². The second kappa shape index (κ2) is 10.5. The number of benzene rings is 4. The fraction of sp³-hybridized carbons (Fsp3) is 0.282. The molecule has 220 valence electrons. The smallest absolute Gasteiger partial charge is 0.214 e. The second-order valence-electron chi connectivity index (χ2n) is 12.5. The van der Waals surface area contributed by atoms with Crippen molar-refractivity contribution in [1.82, 2.24) is 0 Å². The van der Waals surface area contributed by atoms with E-state index in [9.17, 15) is 0 Å². The van der Waals surface area contributed by atoms with Gasteiger partial charge in [-0.1, -0.05) is 118 Å². The zero-order valence-electron chi connectivity index (χ0n) is 26.2. The molecule has 1 spiro atoms. The molecular weight excluding hydrogens is 571 g/mol. The Hall–Kier alpha value is -3.14. The first-order valence-electron chi connectivity index (χ1n) is 14.8. The fourth-order valence-corrected chi connectivity index (χ4v) is 7.96. The van der Waals surface area contributed by atoms with Crippen molar-refractivity contribution in [3.63, 3.8) is 0 Å². The largest absolute Gasteiger partial charge is 0.321 e. The van der Waals surface area contributed by atoms with E-state index in [-0.39, 0.29) is 0 Å². The average molecular weight is 610 g/mol. The van der Waals surface area contributed by atoms with E-state index in [2.05, 4.69) is 128 Å². The predicted octanol–water partition coefficient (Wildman–Crippen LogP) is 10.3. The van der Waals surface area contributed by atoms with Crippen molar-refractivity contribution in [3.8, 4) is 0 Å². The first-order valence-corrected chi connectivity index (χ1v) is 15.6. The van der Waals surface area contributed by atoms with Crippen molar-refractivity contribution in [2.75, 3.05) is 0 Å². The van der Waals surface area contributed by atoms with E-state index in [0.717, 1.165) is 44.5 Å². The SMILES string of the molecule is Cc1ccc(C2(c3ccc(C)cc3C)OC3(C=C2Cl)C=C(Cl)C(c2ccc(C)cc2C)(c2ccc(C)cc2C)O3)c(C)c1. The summed E-state index contributed by atoms with van der Waals surface area (Å²) in [5.74, 6) is -1.32. The van der Waals surface area contributed by atoms with E-state index >= 15 is 0 Å². The van der Waals surface area contributed by atoms with Gasteiger partial charge in [0.25, 0.3) is 0 Å². The van der Waals surface area contributed by atoms with E-state index < -0.39 is 17.0 Å². The van der Waals surface area contributed by atoms with Gasteiger partial charge in [0.15, 0.2) is 11.2 Å². The zero-order chi connectivity index (χ0) is 30.9. The first-order chi connectivity index (χ1) is 20.3. The van der Waals surface area contributed by atoms with Crippen LogP contribution in [-0.4, -0.2) is 5.79 Å². The quantitative estimate of drug-likeness (QED) is 0.229. The summed E-state index contributed by atoms with van der Waals surface area (Å²) in [6.45, 7) is 16.8. The maximum atomic E-state index is 7.42. The summed E-state index contributed by atoms with van der Waals surface area (Å²) >= 11 is 14.8. The summed E-state index contributed by atoms with van der Waals surface area (Å²) in [6.07, 6.45) is 3.81. The van der Waals surface area contributed by atoms with Gasteiger partial charge < -0.3 is 9.47 Å². The van der Waals surface area contributed by atoms with Crippen molar-refractivity contribution in [2.45, 2.75) is 72.4 Å². The Morgan fingerprint density at radius 2 is 0.674 bits per heavy atom. The summed E-state index contributed by atoms with van der Waals surface area (Å²) in [4.78, 5) is 0. The molecule has 2 heterocycles. The summed E-state index contributed by atoms with van der Waals surface area (Å²) in [5.41, 5.74) is 10.8. The van der Waals surface area contributed by atoms with Crippen LogP contribution in [0.25, 0.3) is 0 Å². The summed E-state index contributed by atoms with van der Waals surface area (Å²) < 4.78 is 14.6. The molecular formula is C39H38Cl2O2. The third-order valence-electron chi connectivity index (χ3n) is 9.00. The van der Waals surface area contributed by atoms with Gasteiger partial charge in [-0.05, 0) is 112 Å². The van der Waals surface area contributed by atoms with Crippen molar-refractivity contribution in [3.05, 3.63) is 162 Å². The number of ether oxygens (including phenoxy) is 2. The van der Waals surface area contributed by atoms with Crippen LogP contribution in [0.5, 0.6) is 0 Å². The molecule has 0 radical (unpaired) electrons. The Morgan fingerprint density at radius 1 is 0.419 bits per heavy atom. The molecule has 4 aromatic rings. The number of rotatable bonds is 4. The van der Waals surface area contributed by atoms with Gasteiger partial charge in [-0.25, -0.2) is 0 Å². The molecule has 4 heteroatoms. The Morgan fingerprint density at radius 3 is 0.907 bits per heavy atom. The van der Waals surface area contributed by atoms with Gasteiger partial charge in [0.05, 0.1) is 10.1 Å². The lowest BCUT2D eigenvalue weighted by Gasteiger charge is -2.40. The molecule has 0 aromatic heterocycles. The number of hydrogen-bond donors (Lipinski definition) is 0. The molecule has 0 atom stereocenters. The van der Waals surface area contributed by atoms with E-state index in [1.807, 2.05) is 12.2 Å².